The Morgan fingerprint density at radius 2 is 1.84 bits per heavy atom. The van der Waals surface area contributed by atoms with Crippen molar-refractivity contribution in [2.24, 2.45) is 0 Å². The van der Waals surface area contributed by atoms with Crippen molar-refractivity contribution in [1.29, 1.82) is 0 Å². The Labute approximate surface area is 150 Å². The number of nitrogens with zero attached hydrogens (tertiary/aromatic N) is 2. The van der Waals surface area contributed by atoms with Crippen LogP contribution in [-0.4, -0.2) is 15.7 Å². The van der Waals surface area contributed by atoms with E-state index in [0.717, 1.165) is 11.4 Å². The number of aromatic nitrogens is 2. The molecule has 0 aliphatic carbocycles. The molecule has 0 bridgehead atoms. The van der Waals surface area contributed by atoms with Crippen molar-refractivity contribution in [2.75, 3.05) is 5.32 Å². The second-order valence-corrected chi connectivity index (χ2v) is 5.75. The van der Waals surface area contributed by atoms with Crippen LogP contribution in [0.1, 0.15) is 6.92 Å². The zero-order valence-electron chi connectivity index (χ0n) is 13.5. The second-order valence-electron chi connectivity index (χ2n) is 5.31. The van der Waals surface area contributed by atoms with Gasteiger partial charge in [0.2, 0.25) is 5.88 Å². The Kier molecular flexibility index (Phi) is 5.16. The number of rotatable bonds is 5. The van der Waals surface area contributed by atoms with Crippen LogP contribution < -0.4 is 10.1 Å². The summed E-state index contributed by atoms with van der Waals surface area (Å²) in [6.45, 7) is 1.68. The molecule has 0 radical (unpaired) electrons. The van der Waals surface area contributed by atoms with Gasteiger partial charge < -0.3 is 10.1 Å². The lowest BCUT2D eigenvalue weighted by Crippen LogP contribution is -2.13. The molecule has 0 saturated carbocycles. The van der Waals surface area contributed by atoms with Gasteiger partial charge in [-0.3, -0.25) is 4.79 Å². The molecule has 0 atom stereocenters. The van der Waals surface area contributed by atoms with Gasteiger partial charge in [0.05, 0.1) is 5.69 Å². The van der Waals surface area contributed by atoms with E-state index in [1.807, 2.05) is 42.5 Å². The minimum atomic E-state index is -0.233. The van der Waals surface area contributed by atoms with Gasteiger partial charge in [0.25, 0.3) is 5.91 Å². The Hall–Kier alpha value is -3.05. The van der Waals surface area contributed by atoms with Gasteiger partial charge in [-0.1, -0.05) is 29.8 Å². The molecule has 0 saturated heterocycles. The Morgan fingerprint density at radius 3 is 2.56 bits per heavy atom. The fourth-order valence-corrected chi connectivity index (χ4v) is 2.19. The van der Waals surface area contributed by atoms with Crippen LogP contribution in [0.3, 0.4) is 0 Å². The highest BCUT2D eigenvalue weighted by Gasteiger charge is 2.06. The molecular formula is C19H16ClN3O2. The van der Waals surface area contributed by atoms with Gasteiger partial charge >= 0.3 is 0 Å². The van der Waals surface area contributed by atoms with Crippen molar-refractivity contribution in [2.45, 2.75) is 6.92 Å². The standard InChI is InChI=1S/C19H16ClN3O2/c1-14(19(24)21-16-5-3-2-4-6-16)13-25-18-11-12-23(22-18)17-9-7-15(20)8-10-17/h2-13H,1H3,(H,21,24). The largest absolute Gasteiger partial charge is 0.445 e. The normalized spacial score (nSPS) is 11.2. The van der Waals surface area contributed by atoms with Gasteiger partial charge in [0.1, 0.15) is 6.26 Å². The van der Waals surface area contributed by atoms with E-state index in [9.17, 15) is 4.79 Å². The molecule has 126 valence electrons. The van der Waals surface area contributed by atoms with Crippen molar-refractivity contribution >= 4 is 23.2 Å². The number of ether oxygens (including phenoxy) is 1. The molecule has 0 aliphatic rings. The molecule has 25 heavy (non-hydrogen) atoms. The highest BCUT2D eigenvalue weighted by Crippen LogP contribution is 2.16. The van der Waals surface area contributed by atoms with Crippen LogP contribution in [-0.2, 0) is 4.79 Å². The number of anilines is 1. The van der Waals surface area contributed by atoms with E-state index in [4.69, 9.17) is 16.3 Å². The van der Waals surface area contributed by atoms with Crippen molar-refractivity contribution in [3.63, 3.8) is 0 Å². The number of benzene rings is 2. The average Bonchev–Trinajstić information content (AvgIpc) is 3.10. The summed E-state index contributed by atoms with van der Waals surface area (Å²) in [6.07, 6.45) is 3.15. The number of carbonyl (C=O) groups is 1. The molecule has 1 N–H and O–H groups in total. The summed E-state index contributed by atoms with van der Waals surface area (Å²) in [4.78, 5) is 12.1. The van der Waals surface area contributed by atoms with Crippen LogP contribution in [0, 0.1) is 0 Å². The van der Waals surface area contributed by atoms with E-state index in [2.05, 4.69) is 10.4 Å². The van der Waals surface area contributed by atoms with E-state index >= 15 is 0 Å². The number of amides is 1. The summed E-state index contributed by atoms with van der Waals surface area (Å²) in [5.41, 5.74) is 2.03. The minimum Gasteiger partial charge on any atom is -0.445 e. The predicted octanol–water partition coefficient (Wildman–Crippen LogP) is 4.45. The van der Waals surface area contributed by atoms with Gasteiger partial charge in [-0.05, 0) is 43.3 Å². The maximum absolute atomic E-state index is 12.1. The molecule has 0 spiro atoms. The van der Waals surface area contributed by atoms with Crippen LogP contribution in [0.5, 0.6) is 5.88 Å². The molecule has 1 amide bonds. The molecule has 6 heteroatoms. The highest BCUT2D eigenvalue weighted by atomic mass is 35.5. The predicted molar refractivity (Wildman–Crippen MR) is 98.0 cm³/mol. The van der Waals surface area contributed by atoms with Crippen LogP contribution in [0.4, 0.5) is 5.69 Å². The van der Waals surface area contributed by atoms with E-state index in [1.165, 1.54) is 6.26 Å². The summed E-state index contributed by atoms with van der Waals surface area (Å²) in [7, 11) is 0. The molecule has 2 aromatic carbocycles. The molecule has 0 aliphatic heterocycles. The molecule has 1 aromatic heterocycles. The van der Waals surface area contributed by atoms with Gasteiger partial charge in [0.15, 0.2) is 0 Å². The van der Waals surface area contributed by atoms with Crippen molar-refractivity contribution in [3.05, 3.63) is 83.7 Å². The SMILES string of the molecule is CC(=COc1ccn(-c2ccc(Cl)cc2)n1)C(=O)Nc1ccccc1. The number of nitrogens with one attached hydrogen (secondary N) is 1. The molecular weight excluding hydrogens is 338 g/mol. The van der Waals surface area contributed by atoms with Crippen molar-refractivity contribution < 1.29 is 9.53 Å². The van der Waals surface area contributed by atoms with E-state index in [-0.39, 0.29) is 5.91 Å². The number of hydrogen-bond acceptors (Lipinski definition) is 3. The maximum Gasteiger partial charge on any atom is 0.254 e. The Morgan fingerprint density at radius 1 is 1.12 bits per heavy atom. The number of para-hydroxylation sites is 1. The lowest BCUT2D eigenvalue weighted by atomic mass is 10.3. The molecule has 5 nitrogen and oxygen atoms in total. The molecule has 0 fully saturated rings. The Bertz CT molecular complexity index is 887. The molecule has 1 heterocycles. The first-order valence-electron chi connectivity index (χ1n) is 7.63. The summed E-state index contributed by atoms with van der Waals surface area (Å²) in [5, 5.41) is 7.75. The first kappa shape index (κ1) is 16.8. The topological polar surface area (TPSA) is 56.2 Å². The quantitative estimate of drug-likeness (QED) is 0.544. The third-order valence-corrected chi connectivity index (χ3v) is 3.65. The fourth-order valence-electron chi connectivity index (χ4n) is 2.06. The van der Waals surface area contributed by atoms with Crippen LogP contribution in [0.25, 0.3) is 5.69 Å². The van der Waals surface area contributed by atoms with Gasteiger partial charge in [-0.2, -0.15) is 0 Å². The lowest BCUT2D eigenvalue weighted by Gasteiger charge is -2.05. The Balaban J connectivity index is 1.63. The summed E-state index contributed by atoms with van der Waals surface area (Å²) in [6, 6.07) is 18.2. The summed E-state index contributed by atoms with van der Waals surface area (Å²) < 4.78 is 7.14. The van der Waals surface area contributed by atoms with E-state index in [1.54, 1.807) is 36.0 Å². The molecule has 3 aromatic rings. The second kappa shape index (κ2) is 7.68. The first-order chi connectivity index (χ1) is 12.1. The van der Waals surface area contributed by atoms with Gasteiger partial charge in [-0.25, -0.2) is 4.68 Å². The van der Waals surface area contributed by atoms with Crippen LogP contribution in [0.2, 0.25) is 5.02 Å². The molecule has 0 unspecified atom stereocenters. The van der Waals surface area contributed by atoms with Crippen molar-refractivity contribution in [3.8, 4) is 11.6 Å². The monoisotopic (exact) mass is 353 g/mol. The van der Waals surface area contributed by atoms with E-state index < -0.39 is 0 Å². The van der Waals surface area contributed by atoms with Crippen molar-refractivity contribution in [1.82, 2.24) is 9.78 Å². The molecule has 3 rings (SSSR count). The highest BCUT2D eigenvalue weighted by molar-refractivity contribution is 6.30. The van der Waals surface area contributed by atoms with Crippen LogP contribution >= 0.6 is 11.6 Å². The third kappa shape index (κ3) is 4.49. The average molecular weight is 354 g/mol. The zero-order valence-corrected chi connectivity index (χ0v) is 14.3. The van der Waals surface area contributed by atoms with Gasteiger partial charge in [0, 0.05) is 28.5 Å². The lowest BCUT2D eigenvalue weighted by molar-refractivity contribution is -0.112. The summed E-state index contributed by atoms with van der Waals surface area (Å²) in [5.74, 6) is 0.158. The first-order valence-corrected chi connectivity index (χ1v) is 8.01. The summed E-state index contributed by atoms with van der Waals surface area (Å²) >= 11 is 5.88. The number of carbonyl (C=O) groups excluding carboxylic acids is 1. The van der Waals surface area contributed by atoms with E-state index in [0.29, 0.717) is 16.5 Å². The zero-order chi connectivity index (χ0) is 17.6. The minimum absolute atomic E-state index is 0.233. The number of halogens is 1. The van der Waals surface area contributed by atoms with Crippen LogP contribution in [0.15, 0.2) is 78.7 Å². The fraction of sp³-hybridized carbons (Fsp3) is 0.0526. The maximum atomic E-state index is 12.1. The smallest absolute Gasteiger partial charge is 0.254 e. The van der Waals surface area contributed by atoms with Gasteiger partial charge in [-0.15, -0.1) is 5.10 Å². The number of hydrogen-bond donors (Lipinski definition) is 1. The third-order valence-electron chi connectivity index (χ3n) is 3.40.